The average Bonchev–Trinajstić information content (AvgIpc) is 3.15. The van der Waals surface area contributed by atoms with Gasteiger partial charge in [-0.25, -0.2) is 13.4 Å². The highest BCUT2D eigenvalue weighted by Crippen LogP contribution is 2.25. The number of benzene rings is 1. The van der Waals surface area contributed by atoms with E-state index < -0.39 is 10.0 Å². The summed E-state index contributed by atoms with van der Waals surface area (Å²) in [4.78, 5) is 16.7. The maximum atomic E-state index is 12.8. The lowest BCUT2D eigenvalue weighted by atomic mass is 9.98. The lowest BCUT2D eigenvalue weighted by molar-refractivity contribution is -0.120. The molecule has 0 aliphatic carbocycles. The number of hydrogen-bond acceptors (Lipinski definition) is 4. The Labute approximate surface area is 168 Å². The molecule has 1 amide bonds. The summed E-state index contributed by atoms with van der Waals surface area (Å²) in [5, 5.41) is 2.94. The van der Waals surface area contributed by atoms with Crippen LogP contribution in [0.1, 0.15) is 25.3 Å². The van der Waals surface area contributed by atoms with Crippen molar-refractivity contribution in [2.75, 3.05) is 18.4 Å². The predicted molar refractivity (Wildman–Crippen MR) is 107 cm³/mol. The molecule has 1 N–H and O–H groups in total. The Morgan fingerprint density at radius 1 is 1.41 bits per heavy atom. The van der Waals surface area contributed by atoms with E-state index >= 15 is 0 Å². The third kappa shape index (κ3) is 4.41. The van der Waals surface area contributed by atoms with Crippen LogP contribution in [0.3, 0.4) is 0 Å². The van der Waals surface area contributed by atoms with Crippen LogP contribution >= 0.6 is 15.9 Å². The standard InChI is InChI=1S/C18H23BrN4O3S/c1-3-22-11-17(20-12-22)27(25,26)23-8-4-5-14(10-23)18(24)21-15-6-7-16(19)13(2)9-15/h6-7,9,11-12,14H,3-5,8,10H2,1-2H3,(H,21,24)/t14-/m1/s1. The van der Waals surface area contributed by atoms with Gasteiger partial charge in [0.15, 0.2) is 5.03 Å². The molecule has 27 heavy (non-hydrogen) atoms. The Morgan fingerprint density at radius 2 is 2.19 bits per heavy atom. The normalized spacial score (nSPS) is 18.4. The Bertz CT molecular complexity index is 942. The summed E-state index contributed by atoms with van der Waals surface area (Å²) in [5.41, 5.74) is 1.73. The first-order chi connectivity index (χ1) is 12.8. The molecule has 146 valence electrons. The van der Waals surface area contributed by atoms with E-state index in [1.165, 1.54) is 16.8 Å². The molecule has 1 fully saturated rings. The average molecular weight is 455 g/mol. The van der Waals surface area contributed by atoms with Crippen molar-refractivity contribution in [3.8, 4) is 0 Å². The molecule has 9 heteroatoms. The first-order valence-corrected chi connectivity index (χ1v) is 11.1. The molecule has 7 nitrogen and oxygen atoms in total. The highest BCUT2D eigenvalue weighted by Gasteiger charge is 2.34. The number of amides is 1. The Morgan fingerprint density at radius 3 is 2.85 bits per heavy atom. The van der Waals surface area contributed by atoms with Crippen molar-refractivity contribution in [1.82, 2.24) is 13.9 Å². The molecular formula is C18H23BrN4O3S. The molecular weight excluding hydrogens is 432 g/mol. The van der Waals surface area contributed by atoms with Crippen molar-refractivity contribution >= 4 is 37.5 Å². The van der Waals surface area contributed by atoms with Gasteiger partial charge in [0.1, 0.15) is 0 Å². The SMILES string of the molecule is CCn1cnc(S(=O)(=O)N2CCC[C@@H](C(=O)Nc3ccc(Br)c(C)c3)C2)c1. The van der Waals surface area contributed by atoms with Crippen LogP contribution in [0, 0.1) is 12.8 Å². The molecule has 1 aromatic heterocycles. The van der Waals surface area contributed by atoms with Crippen molar-refractivity contribution < 1.29 is 13.2 Å². The number of hydrogen-bond donors (Lipinski definition) is 1. The summed E-state index contributed by atoms with van der Waals surface area (Å²) in [6, 6.07) is 5.59. The monoisotopic (exact) mass is 454 g/mol. The molecule has 1 aliphatic heterocycles. The van der Waals surface area contributed by atoms with Crippen LogP contribution in [0.5, 0.6) is 0 Å². The molecule has 0 saturated carbocycles. The summed E-state index contributed by atoms with van der Waals surface area (Å²) < 4.78 is 29.7. The number of sulfonamides is 1. The number of nitrogens with one attached hydrogen (secondary N) is 1. The quantitative estimate of drug-likeness (QED) is 0.752. The van der Waals surface area contributed by atoms with E-state index in [2.05, 4.69) is 26.2 Å². The zero-order chi connectivity index (χ0) is 19.6. The molecule has 2 heterocycles. The second-order valence-electron chi connectivity index (χ2n) is 6.70. The van der Waals surface area contributed by atoms with Crippen LogP contribution in [0.4, 0.5) is 5.69 Å². The molecule has 0 radical (unpaired) electrons. The lowest BCUT2D eigenvalue weighted by Gasteiger charge is -2.30. The minimum atomic E-state index is -3.69. The van der Waals surface area contributed by atoms with Gasteiger partial charge < -0.3 is 9.88 Å². The van der Waals surface area contributed by atoms with E-state index in [1.54, 1.807) is 4.57 Å². The van der Waals surface area contributed by atoms with Crippen molar-refractivity contribution in [1.29, 1.82) is 0 Å². The first-order valence-electron chi connectivity index (χ1n) is 8.90. The lowest BCUT2D eigenvalue weighted by Crippen LogP contribution is -2.43. The van der Waals surface area contributed by atoms with E-state index in [0.29, 0.717) is 31.6 Å². The molecule has 0 bridgehead atoms. The number of anilines is 1. The Kier molecular flexibility index (Phi) is 6.02. The van der Waals surface area contributed by atoms with Crippen LogP contribution in [0.2, 0.25) is 0 Å². The maximum Gasteiger partial charge on any atom is 0.262 e. The summed E-state index contributed by atoms with van der Waals surface area (Å²) in [6.45, 7) is 5.10. The van der Waals surface area contributed by atoms with Gasteiger partial charge in [0.2, 0.25) is 5.91 Å². The van der Waals surface area contributed by atoms with Gasteiger partial charge in [-0.05, 0) is 50.5 Å². The maximum absolute atomic E-state index is 12.8. The molecule has 1 atom stereocenters. The van der Waals surface area contributed by atoms with E-state index in [9.17, 15) is 13.2 Å². The fourth-order valence-electron chi connectivity index (χ4n) is 3.12. The molecule has 0 spiro atoms. The van der Waals surface area contributed by atoms with Gasteiger partial charge in [-0.15, -0.1) is 0 Å². The van der Waals surface area contributed by atoms with Crippen LogP contribution in [0.15, 0.2) is 40.2 Å². The summed E-state index contributed by atoms with van der Waals surface area (Å²) in [5.74, 6) is -0.540. The van der Waals surface area contributed by atoms with Gasteiger partial charge in [-0.3, -0.25) is 4.79 Å². The van der Waals surface area contributed by atoms with Crippen LogP contribution < -0.4 is 5.32 Å². The number of rotatable bonds is 5. The number of carbonyl (C=O) groups excluding carboxylic acids is 1. The summed E-state index contributed by atoms with van der Waals surface area (Å²) in [6.07, 6.45) is 4.35. The van der Waals surface area contributed by atoms with Gasteiger partial charge in [0.05, 0.1) is 12.2 Å². The summed E-state index contributed by atoms with van der Waals surface area (Å²) >= 11 is 3.44. The molecule has 1 saturated heterocycles. The van der Waals surface area contributed by atoms with Gasteiger partial charge >= 0.3 is 0 Å². The Balaban J connectivity index is 1.71. The smallest absolute Gasteiger partial charge is 0.262 e. The summed E-state index contributed by atoms with van der Waals surface area (Å²) in [7, 11) is -3.69. The second kappa shape index (κ2) is 8.12. The van der Waals surface area contributed by atoms with Crippen molar-refractivity contribution in [3.05, 3.63) is 40.8 Å². The topological polar surface area (TPSA) is 84.3 Å². The van der Waals surface area contributed by atoms with E-state index in [-0.39, 0.29) is 23.4 Å². The number of imidazole rings is 1. The van der Waals surface area contributed by atoms with Gasteiger partial charge in [-0.1, -0.05) is 15.9 Å². The number of halogens is 1. The third-order valence-corrected chi connectivity index (χ3v) is 7.40. The number of aryl methyl sites for hydroxylation is 2. The van der Waals surface area contributed by atoms with E-state index in [1.807, 2.05) is 32.0 Å². The zero-order valence-corrected chi connectivity index (χ0v) is 17.8. The Hall–Kier alpha value is -1.71. The van der Waals surface area contributed by atoms with Gasteiger partial charge in [0, 0.05) is 36.0 Å². The van der Waals surface area contributed by atoms with E-state index in [4.69, 9.17) is 0 Å². The number of piperidine rings is 1. The van der Waals surface area contributed by atoms with Crippen LogP contribution in [0.25, 0.3) is 0 Å². The number of aromatic nitrogens is 2. The first kappa shape index (κ1) is 20.0. The zero-order valence-electron chi connectivity index (χ0n) is 15.4. The van der Waals surface area contributed by atoms with Crippen LogP contribution in [-0.2, 0) is 21.4 Å². The molecule has 1 aromatic carbocycles. The minimum absolute atomic E-state index is 0.0361. The number of carbonyl (C=O) groups is 1. The van der Waals surface area contributed by atoms with Gasteiger partial charge in [-0.2, -0.15) is 4.31 Å². The number of nitrogens with zero attached hydrogens (tertiary/aromatic N) is 3. The molecule has 0 unspecified atom stereocenters. The fraction of sp³-hybridized carbons (Fsp3) is 0.444. The second-order valence-corrected chi connectivity index (χ2v) is 9.44. The van der Waals surface area contributed by atoms with Crippen molar-refractivity contribution in [2.24, 2.45) is 5.92 Å². The highest BCUT2D eigenvalue weighted by molar-refractivity contribution is 9.10. The minimum Gasteiger partial charge on any atom is -0.336 e. The van der Waals surface area contributed by atoms with Gasteiger partial charge in [0.25, 0.3) is 10.0 Å². The molecule has 1 aliphatic rings. The molecule has 3 rings (SSSR count). The largest absolute Gasteiger partial charge is 0.336 e. The fourth-order valence-corrected chi connectivity index (χ4v) is 4.83. The highest BCUT2D eigenvalue weighted by atomic mass is 79.9. The third-order valence-electron chi connectivity index (χ3n) is 4.76. The van der Waals surface area contributed by atoms with Crippen molar-refractivity contribution in [3.63, 3.8) is 0 Å². The van der Waals surface area contributed by atoms with Crippen LogP contribution in [-0.4, -0.2) is 41.3 Å². The predicted octanol–water partition coefficient (Wildman–Crippen LogP) is 3.01. The van der Waals surface area contributed by atoms with E-state index in [0.717, 1.165) is 10.0 Å². The molecule has 2 aromatic rings. The van der Waals surface area contributed by atoms with Crippen molar-refractivity contribution in [2.45, 2.75) is 38.3 Å².